The fourth-order valence-corrected chi connectivity index (χ4v) is 2.52. The van der Waals surface area contributed by atoms with Gasteiger partial charge in [0.2, 0.25) is 0 Å². The van der Waals surface area contributed by atoms with Gasteiger partial charge in [0.15, 0.2) is 0 Å². The molecule has 0 spiro atoms. The third-order valence-electron chi connectivity index (χ3n) is 3.30. The highest BCUT2D eigenvalue weighted by molar-refractivity contribution is 6.33. The molecule has 0 bridgehead atoms. The molecule has 1 aromatic rings. The van der Waals surface area contributed by atoms with Crippen molar-refractivity contribution in [3.8, 4) is 0 Å². The van der Waals surface area contributed by atoms with Gasteiger partial charge >= 0.3 is 0 Å². The van der Waals surface area contributed by atoms with Crippen LogP contribution in [-0.2, 0) is 0 Å². The van der Waals surface area contributed by atoms with E-state index in [4.69, 9.17) is 17.3 Å². The van der Waals surface area contributed by atoms with Crippen LogP contribution in [0.15, 0.2) is 18.5 Å². The minimum atomic E-state index is -0.136. The van der Waals surface area contributed by atoms with Gasteiger partial charge < -0.3 is 11.1 Å². The second-order valence-electron chi connectivity index (χ2n) is 4.36. The first-order chi connectivity index (χ1) is 8.22. The topological polar surface area (TPSA) is 68.0 Å². The van der Waals surface area contributed by atoms with Crippen LogP contribution in [0.1, 0.15) is 29.6 Å². The van der Waals surface area contributed by atoms with Crippen LogP contribution in [0.5, 0.6) is 0 Å². The Morgan fingerprint density at radius 1 is 1.47 bits per heavy atom. The van der Waals surface area contributed by atoms with E-state index in [1.807, 2.05) is 0 Å². The van der Waals surface area contributed by atoms with Crippen molar-refractivity contribution in [3.05, 3.63) is 29.0 Å². The van der Waals surface area contributed by atoms with Gasteiger partial charge in [-0.25, -0.2) is 0 Å². The molecule has 1 aliphatic carbocycles. The summed E-state index contributed by atoms with van der Waals surface area (Å²) in [6.45, 7) is 0.620. The summed E-state index contributed by atoms with van der Waals surface area (Å²) in [5, 5.41) is 3.39. The number of pyridine rings is 1. The third-order valence-corrected chi connectivity index (χ3v) is 3.60. The van der Waals surface area contributed by atoms with Crippen LogP contribution in [0.3, 0.4) is 0 Å². The molecule has 3 N–H and O–H groups in total. The molecule has 0 radical (unpaired) electrons. The number of hydrogen-bond acceptors (Lipinski definition) is 3. The maximum absolute atomic E-state index is 12.0. The number of hydrogen-bond donors (Lipinski definition) is 2. The molecule has 0 aliphatic heterocycles. The van der Waals surface area contributed by atoms with E-state index in [9.17, 15) is 4.79 Å². The van der Waals surface area contributed by atoms with E-state index < -0.39 is 0 Å². The third kappa shape index (κ3) is 4.49. The highest BCUT2D eigenvalue weighted by atomic mass is 35.5. The second-order valence-corrected chi connectivity index (χ2v) is 4.77. The van der Waals surface area contributed by atoms with Crippen molar-refractivity contribution >= 4 is 42.3 Å². The molecule has 1 aromatic heterocycles. The molecule has 2 unspecified atom stereocenters. The fraction of sp³-hybridized carbons (Fsp3) is 0.500. The number of carbonyl (C=O) groups is 1. The lowest BCUT2D eigenvalue weighted by atomic mass is 10.0. The molecular formula is C12H18Cl3N3O. The maximum atomic E-state index is 12.0. The van der Waals surface area contributed by atoms with Crippen molar-refractivity contribution < 1.29 is 4.79 Å². The Labute approximate surface area is 130 Å². The summed E-state index contributed by atoms with van der Waals surface area (Å²) in [7, 11) is 0. The molecule has 7 heteroatoms. The number of rotatable bonds is 3. The first kappa shape index (κ1) is 18.4. The lowest BCUT2D eigenvalue weighted by Crippen LogP contribution is -2.39. The average Bonchev–Trinajstić information content (AvgIpc) is 2.76. The van der Waals surface area contributed by atoms with Gasteiger partial charge in [-0.1, -0.05) is 18.0 Å². The van der Waals surface area contributed by atoms with E-state index in [0.29, 0.717) is 23.0 Å². The fourth-order valence-electron chi connectivity index (χ4n) is 2.31. The highest BCUT2D eigenvalue weighted by Crippen LogP contribution is 2.25. The monoisotopic (exact) mass is 325 g/mol. The molecule has 2 atom stereocenters. The Bertz CT molecular complexity index is 417. The molecule has 1 fully saturated rings. The van der Waals surface area contributed by atoms with Crippen molar-refractivity contribution in [1.82, 2.24) is 10.3 Å². The van der Waals surface area contributed by atoms with Gasteiger partial charge in [0.05, 0.1) is 10.6 Å². The van der Waals surface area contributed by atoms with Crippen molar-refractivity contribution in [2.75, 3.05) is 6.54 Å². The number of amides is 1. The van der Waals surface area contributed by atoms with Crippen LogP contribution in [0, 0.1) is 5.92 Å². The predicted molar refractivity (Wildman–Crippen MR) is 81.4 cm³/mol. The minimum Gasteiger partial charge on any atom is -0.349 e. The van der Waals surface area contributed by atoms with Crippen LogP contribution < -0.4 is 11.1 Å². The number of nitrogens with one attached hydrogen (secondary N) is 1. The molecule has 1 aliphatic rings. The number of nitrogens with two attached hydrogens (primary N) is 1. The van der Waals surface area contributed by atoms with Crippen molar-refractivity contribution in [3.63, 3.8) is 0 Å². The zero-order chi connectivity index (χ0) is 12.3. The summed E-state index contributed by atoms with van der Waals surface area (Å²) in [6.07, 6.45) is 6.25. The lowest BCUT2D eigenvalue weighted by Gasteiger charge is -2.19. The highest BCUT2D eigenvalue weighted by Gasteiger charge is 2.27. The molecule has 0 saturated heterocycles. The summed E-state index contributed by atoms with van der Waals surface area (Å²) in [6, 6.07) is 1.81. The smallest absolute Gasteiger partial charge is 0.253 e. The average molecular weight is 327 g/mol. The first-order valence-electron chi connectivity index (χ1n) is 5.83. The van der Waals surface area contributed by atoms with Crippen LogP contribution in [-0.4, -0.2) is 23.5 Å². The lowest BCUT2D eigenvalue weighted by molar-refractivity contribution is 0.0929. The Hall–Kier alpha value is -0.550. The van der Waals surface area contributed by atoms with E-state index in [1.54, 1.807) is 12.3 Å². The van der Waals surface area contributed by atoms with E-state index in [1.165, 1.54) is 6.20 Å². The van der Waals surface area contributed by atoms with E-state index in [0.717, 1.165) is 19.3 Å². The molecule has 108 valence electrons. The van der Waals surface area contributed by atoms with Crippen molar-refractivity contribution in [2.45, 2.75) is 25.3 Å². The van der Waals surface area contributed by atoms with Gasteiger partial charge in [0, 0.05) is 18.4 Å². The van der Waals surface area contributed by atoms with Crippen LogP contribution >= 0.6 is 36.4 Å². The normalized spacial score (nSPS) is 21.2. The number of aromatic nitrogens is 1. The molecule has 1 amide bonds. The number of halogens is 3. The SMILES string of the molecule is Cl.Cl.NCC1CCCC1NC(=O)c1ccncc1Cl. The zero-order valence-corrected chi connectivity index (χ0v) is 12.7. The molecule has 1 saturated carbocycles. The summed E-state index contributed by atoms with van der Waals surface area (Å²) < 4.78 is 0. The van der Waals surface area contributed by atoms with Crippen LogP contribution in [0.4, 0.5) is 0 Å². The molecule has 0 aromatic carbocycles. The van der Waals surface area contributed by atoms with E-state index in [2.05, 4.69) is 10.3 Å². The largest absolute Gasteiger partial charge is 0.349 e. The molecule has 1 heterocycles. The van der Waals surface area contributed by atoms with Crippen LogP contribution in [0.2, 0.25) is 5.02 Å². The zero-order valence-electron chi connectivity index (χ0n) is 10.3. The maximum Gasteiger partial charge on any atom is 0.253 e. The Morgan fingerprint density at radius 3 is 2.84 bits per heavy atom. The quantitative estimate of drug-likeness (QED) is 0.896. The summed E-state index contributed by atoms with van der Waals surface area (Å²) in [5.74, 6) is 0.252. The second kappa shape index (κ2) is 8.59. The van der Waals surface area contributed by atoms with E-state index in [-0.39, 0.29) is 36.8 Å². The molecule has 19 heavy (non-hydrogen) atoms. The van der Waals surface area contributed by atoms with Gasteiger partial charge in [-0.05, 0) is 31.4 Å². The summed E-state index contributed by atoms with van der Waals surface area (Å²) >= 11 is 5.93. The summed E-state index contributed by atoms with van der Waals surface area (Å²) in [4.78, 5) is 15.9. The summed E-state index contributed by atoms with van der Waals surface area (Å²) in [5.41, 5.74) is 6.16. The number of carbonyl (C=O) groups excluding carboxylic acids is 1. The molecular weight excluding hydrogens is 309 g/mol. The molecule has 2 rings (SSSR count). The van der Waals surface area contributed by atoms with Gasteiger partial charge in [0.25, 0.3) is 5.91 Å². The Kier molecular flexibility index (Phi) is 8.34. The Balaban J connectivity index is 0.00000162. The predicted octanol–water partition coefficient (Wildman–Crippen LogP) is 2.44. The number of nitrogens with zero attached hydrogens (tertiary/aromatic N) is 1. The van der Waals surface area contributed by atoms with Gasteiger partial charge in [-0.2, -0.15) is 0 Å². The molecule has 4 nitrogen and oxygen atoms in total. The minimum absolute atomic E-state index is 0. The van der Waals surface area contributed by atoms with Gasteiger partial charge in [-0.3, -0.25) is 9.78 Å². The standard InChI is InChI=1S/C12H16ClN3O.2ClH/c13-10-7-15-5-4-9(10)12(17)16-11-3-1-2-8(11)6-14;;/h4-5,7-8,11H,1-3,6,14H2,(H,16,17);2*1H. The van der Waals surface area contributed by atoms with Crippen molar-refractivity contribution in [1.29, 1.82) is 0 Å². The first-order valence-corrected chi connectivity index (χ1v) is 6.20. The van der Waals surface area contributed by atoms with Crippen LogP contribution in [0.25, 0.3) is 0 Å². The van der Waals surface area contributed by atoms with Gasteiger partial charge in [0.1, 0.15) is 0 Å². The van der Waals surface area contributed by atoms with Gasteiger partial charge in [-0.15, -0.1) is 24.8 Å². The Morgan fingerprint density at radius 2 is 2.21 bits per heavy atom. The van der Waals surface area contributed by atoms with Crippen molar-refractivity contribution in [2.24, 2.45) is 11.7 Å². The van der Waals surface area contributed by atoms with E-state index >= 15 is 0 Å².